The summed E-state index contributed by atoms with van der Waals surface area (Å²) in [7, 11) is 0. The van der Waals surface area contributed by atoms with Gasteiger partial charge in [0.25, 0.3) is 0 Å². The third-order valence-electron chi connectivity index (χ3n) is 3.90. The number of benzene rings is 2. The van der Waals surface area contributed by atoms with E-state index in [-0.39, 0.29) is 23.8 Å². The molecule has 6 heteroatoms. The number of carbonyl (C=O) groups excluding carboxylic acids is 2. The van der Waals surface area contributed by atoms with E-state index in [1.165, 1.54) is 0 Å². The molecule has 4 nitrogen and oxygen atoms in total. The van der Waals surface area contributed by atoms with Crippen LogP contribution in [0.3, 0.4) is 0 Å². The Bertz CT molecular complexity index is 634. The van der Waals surface area contributed by atoms with E-state index in [1.54, 1.807) is 0 Å². The van der Waals surface area contributed by atoms with Crippen LogP contribution >= 0.6 is 23.2 Å². The number of hydrogen-bond donors (Lipinski definition) is 2. The fourth-order valence-corrected chi connectivity index (χ4v) is 2.96. The highest BCUT2D eigenvalue weighted by Crippen LogP contribution is 2.06. The fraction of sp³-hybridized carbons (Fsp3) is 0.300. The van der Waals surface area contributed by atoms with Gasteiger partial charge in [-0.2, -0.15) is 0 Å². The van der Waals surface area contributed by atoms with Crippen LogP contribution in [0.5, 0.6) is 0 Å². The maximum atomic E-state index is 12.2. The lowest BCUT2D eigenvalue weighted by Gasteiger charge is -2.19. The van der Waals surface area contributed by atoms with Crippen molar-refractivity contribution in [2.24, 2.45) is 0 Å². The zero-order chi connectivity index (χ0) is 18.8. The van der Waals surface area contributed by atoms with Gasteiger partial charge in [0.15, 0.2) is 0 Å². The van der Waals surface area contributed by atoms with Gasteiger partial charge in [-0.15, -0.1) is 23.2 Å². The lowest BCUT2D eigenvalue weighted by atomic mass is 10.1. The molecule has 0 radical (unpaired) electrons. The van der Waals surface area contributed by atoms with Gasteiger partial charge in [0.05, 0.1) is 0 Å². The van der Waals surface area contributed by atoms with E-state index in [2.05, 4.69) is 10.6 Å². The third-order valence-corrected chi connectivity index (χ3v) is 4.64. The maximum absolute atomic E-state index is 12.2. The first-order valence-electron chi connectivity index (χ1n) is 8.43. The van der Waals surface area contributed by atoms with E-state index in [4.69, 9.17) is 23.2 Å². The molecule has 0 aromatic heterocycles. The Hall–Kier alpha value is -2.04. The van der Waals surface area contributed by atoms with Crippen molar-refractivity contribution < 1.29 is 9.59 Å². The second kappa shape index (κ2) is 10.8. The van der Waals surface area contributed by atoms with Gasteiger partial charge >= 0.3 is 11.8 Å². The van der Waals surface area contributed by atoms with E-state index >= 15 is 0 Å². The van der Waals surface area contributed by atoms with Crippen molar-refractivity contribution in [3.8, 4) is 0 Å². The van der Waals surface area contributed by atoms with Crippen molar-refractivity contribution in [2.45, 2.75) is 24.9 Å². The molecule has 2 atom stereocenters. The van der Waals surface area contributed by atoms with E-state index < -0.39 is 11.8 Å². The van der Waals surface area contributed by atoms with Crippen LogP contribution in [0.2, 0.25) is 0 Å². The number of nitrogens with one attached hydrogen (secondary N) is 2. The fourth-order valence-electron chi connectivity index (χ4n) is 2.59. The predicted molar refractivity (Wildman–Crippen MR) is 106 cm³/mol. The minimum absolute atomic E-state index is 0.219. The summed E-state index contributed by atoms with van der Waals surface area (Å²) in [6, 6.07) is 18.7. The average molecular weight is 393 g/mol. The summed E-state index contributed by atoms with van der Waals surface area (Å²) in [5.41, 5.74) is 2.09. The molecule has 0 aliphatic heterocycles. The zero-order valence-corrected chi connectivity index (χ0v) is 15.8. The highest BCUT2D eigenvalue weighted by molar-refractivity contribution is 6.35. The Morgan fingerprint density at radius 1 is 0.692 bits per heavy atom. The molecular weight excluding hydrogens is 371 g/mol. The van der Waals surface area contributed by atoms with Crippen LogP contribution in [0.4, 0.5) is 0 Å². The molecule has 0 spiro atoms. The first kappa shape index (κ1) is 20.3. The molecule has 0 unspecified atom stereocenters. The van der Waals surface area contributed by atoms with Gasteiger partial charge in [-0.1, -0.05) is 60.7 Å². The van der Waals surface area contributed by atoms with Crippen LogP contribution in [-0.2, 0) is 22.4 Å². The largest absolute Gasteiger partial charge is 0.344 e. The monoisotopic (exact) mass is 392 g/mol. The van der Waals surface area contributed by atoms with Gasteiger partial charge in [0.1, 0.15) is 0 Å². The van der Waals surface area contributed by atoms with Crippen molar-refractivity contribution in [2.75, 3.05) is 11.8 Å². The van der Waals surface area contributed by atoms with Crippen LogP contribution < -0.4 is 10.6 Å². The number of amides is 2. The molecule has 0 heterocycles. The number of rotatable bonds is 8. The molecule has 0 saturated carbocycles. The van der Waals surface area contributed by atoms with Crippen LogP contribution in [0, 0.1) is 0 Å². The summed E-state index contributed by atoms with van der Waals surface area (Å²) in [5.74, 6) is -0.960. The lowest BCUT2D eigenvalue weighted by molar-refractivity contribution is -0.139. The van der Waals surface area contributed by atoms with Crippen molar-refractivity contribution in [3.63, 3.8) is 0 Å². The van der Waals surface area contributed by atoms with Crippen molar-refractivity contribution in [3.05, 3.63) is 71.8 Å². The number of halogens is 2. The number of alkyl halides is 2. The molecule has 2 aromatic rings. The van der Waals surface area contributed by atoms with E-state index in [0.29, 0.717) is 12.8 Å². The Labute approximate surface area is 163 Å². The highest BCUT2D eigenvalue weighted by Gasteiger charge is 2.21. The average Bonchev–Trinajstić information content (AvgIpc) is 2.68. The summed E-state index contributed by atoms with van der Waals surface area (Å²) < 4.78 is 0. The van der Waals surface area contributed by atoms with Crippen LogP contribution in [0.15, 0.2) is 60.7 Å². The number of hydrogen-bond acceptors (Lipinski definition) is 2. The number of carbonyl (C=O) groups is 2. The molecular formula is C20H22Cl2N2O2. The van der Waals surface area contributed by atoms with Crippen molar-refractivity contribution in [1.82, 2.24) is 10.6 Å². The summed E-state index contributed by atoms with van der Waals surface area (Å²) >= 11 is 11.9. The second-order valence-electron chi connectivity index (χ2n) is 6.03. The second-order valence-corrected chi connectivity index (χ2v) is 6.65. The molecule has 26 heavy (non-hydrogen) atoms. The lowest BCUT2D eigenvalue weighted by Crippen LogP contribution is -2.49. The Balaban J connectivity index is 1.87. The molecule has 2 aromatic carbocycles. The van der Waals surface area contributed by atoms with E-state index in [9.17, 15) is 9.59 Å². The summed E-state index contributed by atoms with van der Waals surface area (Å²) in [4.78, 5) is 24.4. The Kier molecular flexibility index (Phi) is 8.45. The van der Waals surface area contributed by atoms with Crippen LogP contribution in [0.1, 0.15) is 11.1 Å². The molecule has 0 aliphatic carbocycles. The Morgan fingerprint density at radius 2 is 1.04 bits per heavy atom. The minimum atomic E-state index is -0.699. The van der Waals surface area contributed by atoms with Crippen molar-refractivity contribution in [1.29, 1.82) is 0 Å². The van der Waals surface area contributed by atoms with Crippen LogP contribution in [0.25, 0.3) is 0 Å². The summed E-state index contributed by atoms with van der Waals surface area (Å²) in [6.45, 7) is 0. The van der Waals surface area contributed by atoms with E-state index in [1.807, 2.05) is 60.7 Å². The third kappa shape index (κ3) is 6.70. The molecule has 0 aliphatic rings. The summed E-state index contributed by atoms with van der Waals surface area (Å²) in [6.07, 6.45) is 1.12. The molecule has 138 valence electrons. The standard InChI is InChI=1S/C20H22Cl2N2O2/c21-13-17(11-15-7-3-1-4-8-15)23-19(25)20(26)24-18(14-22)12-16-9-5-2-6-10-16/h1-10,17-18H,11-14H2,(H,23,25)(H,24,26)/t17-,18-/m1/s1. The molecule has 2 N–H and O–H groups in total. The van der Waals surface area contributed by atoms with E-state index in [0.717, 1.165) is 11.1 Å². The first-order valence-corrected chi connectivity index (χ1v) is 9.50. The molecule has 0 bridgehead atoms. The van der Waals surface area contributed by atoms with Gasteiger partial charge in [-0.3, -0.25) is 9.59 Å². The quantitative estimate of drug-likeness (QED) is 0.535. The minimum Gasteiger partial charge on any atom is -0.344 e. The zero-order valence-electron chi connectivity index (χ0n) is 14.3. The molecule has 2 rings (SSSR count). The first-order chi connectivity index (χ1) is 12.6. The summed E-state index contributed by atoms with van der Waals surface area (Å²) in [5, 5.41) is 5.36. The van der Waals surface area contributed by atoms with Crippen LogP contribution in [-0.4, -0.2) is 35.7 Å². The smallest absolute Gasteiger partial charge is 0.309 e. The SMILES string of the molecule is O=C(N[C@@H](CCl)Cc1ccccc1)C(=O)N[C@@H](CCl)Cc1ccccc1. The van der Waals surface area contributed by atoms with Crippen molar-refractivity contribution >= 4 is 35.0 Å². The maximum Gasteiger partial charge on any atom is 0.309 e. The molecule has 2 amide bonds. The highest BCUT2D eigenvalue weighted by atomic mass is 35.5. The molecule has 0 fully saturated rings. The molecule has 0 saturated heterocycles. The van der Waals surface area contributed by atoms with Gasteiger partial charge in [0, 0.05) is 23.8 Å². The van der Waals surface area contributed by atoms with Gasteiger partial charge in [-0.05, 0) is 24.0 Å². The van der Waals surface area contributed by atoms with Gasteiger partial charge < -0.3 is 10.6 Å². The van der Waals surface area contributed by atoms with Gasteiger partial charge in [0.2, 0.25) is 0 Å². The normalized spacial score (nSPS) is 12.8. The topological polar surface area (TPSA) is 58.2 Å². The predicted octanol–water partition coefficient (Wildman–Crippen LogP) is 2.92. The van der Waals surface area contributed by atoms with Gasteiger partial charge in [-0.25, -0.2) is 0 Å². The Morgan fingerprint density at radius 3 is 1.35 bits per heavy atom.